The van der Waals surface area contributed by atoms with Crippen LogP contribution in [0.4, 0.5) is 14.6 Å². The molecule has 5 N–H and O–H groups in total. The predicted molar refractivity (Wildman–Crippen MR) is 119 cm³/mol. The van der Waals surface area contributed by atoms with Crippen molar-refractivity contribution < 1.29 is 47.5 Å². The van der Waals surface area contributed by atoms with Gasteiger partial charge in [0.25, 0.3) is 0 Å². The van der Waals surface area contributed by atoms with E-state index < -0.39 is 42.3 Å². The van der Waals surface area contributed by atoms with Gasteiger partial charge in [0.1, 0.15) is 18.7 Å². The molecule has 0 spiro atoms. The van der Waals surface area contributed by atoms with Gasteiger partial charge in [-0.2, -0.15) is 13.8 Å². The highest BCUT2D eigenvalue weighted by molar-refractivity contribution is 8.13. The lowest BCUT2D eigenvalue weighted by Gasteiger charge is -2.38. The second kappa shape index (κ2) is 14.7. The summed E-state index contributed by atoms with van der Waals surface area (Å²) in [5.41, 5.74) is 0.391. The van der Waals surface area contributed by atoms with Gasteiger partial charge in [-0.15, -0.1) is 0 Å². The molecule has 0 aromatic carbocycles. The number of methoxy groups -OCH3 is 1. The molecule has 1 unspecified atom stereocenters. The standard InChI is InChI=1S/C11H17F2N3O5.C7H13O4PS/c1-10(19,7(20-2)5-21-6-17)11(12,13)16-4-3-8(14)15-9(16)18;1-7(2,5-8)6(9)13-4-3-11-12-10/h3-4,7,17,19H,5-6H2,1-2H3,(H2,14,15,18);8H,3-5H2,1-2H3/t7-,10?;/m1./s1. The Kier molecular flexibility index (Phi) is 14.1. The van der Waals surface area contributed by atoms with Crippen molar-refractivity contribution in [2.75, 3.05) is 45.2 Å². The minimum Gasteiger partial charge on any atom is -0.395 e. The molecule has 1 aromatic rings. The molecular weight excluding hydrogens is 503 g/mol. The van der Waals surface area contributed by atoms with Crippen molar-refractivity contribution in [2.45, 2.75) is 38.5 Å². The van der Waals surface area contributed by atoms with Gasteiger partial charge in [-0.1, -0.05) is 11.8 Å². The molecule has 0 amide bonds. The summed E-state index contributed by atoms with van der Waals surface area (Å²) in [6.07, 6.45) is -0.789. The highest BCUT2D eigenvalue weighted by Crippen LogP contribution is 2.36. The number of hydrogen-bond donors (Lipinski definition) is 4. The number of nitrogens with two attached hydrogens (primary N) is 1. The average Bonchev–Trinajstić information content (AvgIpc) is 2.77. The van der Waals surface area contributed by atoms with Crippen LogP contribution in [0.2, 0.25) is 0 Å². The minimum atomic E-state index is -4.05. The van der Waals surface area contributed by atoms with E-state index in [9.17, 15) is 28.0 Å². The molecule has 0 fully saturated rings. The number of alkyl halides is 2. The van der Waals surface area contributed by atoms with Crippen LogP contribution in [0, 0.1) is 5.41 Å². The molecule has 0 aliphatic heterocycles. The number of aliphatic hydroxyl groups excluding tert-OH is 2. The molecule has 0 saturated heterocycles. The quantitative estimate of drug-likeness (QED) is 0.158. The fourth-order valence-electron chi connectivity index (χ4n) is 2.16. The number of ether oxygens (including phenoxy) is 2. The van der Waals surface area contributed by atoms with Crippen molar-refractivity contribution in [1.29, 1.82) is 0 Å². The smallest absolute Gasteiger partial charge is 0.363 e. The zero-order chi connectivity index (χ0) is 26.6. The summed E-state index contributed by atoms with van der Waals surface area (Å²) in [5.74, 6) is 0.232. The maximum atomic E-state index is 14.4. The van der Waals surface area contributed by atoms with E-state index in [1.807, 2.05) is 0 Å². The maximum Gasteiger partial charge on any atom is 0.363 e. The van der Waals surface area contributed by atoms with Gasteiger partial charge in [0.05, 0.1) is 25.2 Å². The summed E-state index contributed by atoms with van der Waals surface area (Å²) < 4.78 is 52.5. The number of aliphatic hydroxyl groups is 3. The molecule has 0 saturated carbocycles. The third-order valence-corrected chi connectivity index (χ3v) is 5.89. The van der Waals surface area contributed by atoms with Crippen LogP contribution in [-0.4, -0.2) is 81.2 Å². The molecule has 34 heavy (non-hydrogen) atoms. The monoisotopic (exact) mass is 533 g/mol. The van der Waals surface area contributed by atoms with Gasteiger partial charge in [-0.05, 0) is 26.8 Å². The van der Waals surface area contributed by atoms with E-state index in [4.69, 9.17) is 20.7 Å². The molecule has 16 heteroatoms. The van der Waals surface area contributed by atoms with Crippen LogP contribution >= 0.6 is 20.4 Å². The number of nitrogen functional groups attached to an aromatic ring is 1. The van der Waals surface area contributed by atoms with E-state index in [1.165, 1.54) is 0 Å². The fourth-order valence-corrected chi connectivity index (χ4v) is 3.25. The lowest BCUT2D eigenvalue weighted by molar-refractivity contribution is -0.276. The Bertz CT molecular complexity index is 843. The summed E-state index contributed by atoms with van der Waals surface area (Å²) in [5, 5.41) is 27.4. The van der Waals surface area contributed by atoms with Gasteiger partial charge in [0.2, 0.25) is 0 Å². The predicted octanol–water partition coefficient (Wildman–Crippen LogP) is 0.595. The Morgan fingerprint density at radius 3 is 2.44 bits per heavy atom. The minimum absolute atomic E-state index is 0.0473. The van der Waals surface area contributed by atoms with Crippen molar-refractivity contribution in [3.8, 4) is 0 Å². The van der Waals surface area contributed by atoms with Gasteiger partial charge < -0.3 is 30.5 Å². The number of hydrogen-bond acceptors (Lipinski definition) is 12. The maximum absolute atomic E-state index is 14.4. The molecule has 1 heterocycles. The van der Waals surface area contributed by atoms with Crippen LogP contribution < -0.4 is 11.4 Å². The van der Waals surface area contributed by atoms with E-state index >= 15 is 0 Å². The van der Waals surface area contributed by atoms with Gasteiger partial charge in [-0.3, -0.25) is 9.32 Å². The Morgan fingerprint density at radius 1 is 1.35 bits per heavy atom. The first-order valence-electron chi connectivity index (χ1n) is 9.62. The van der Waals surface area contributed by atoms with Crippen molar-refractivity contribution >= 4 is 31.4 Å². The molecule has 0 bridgehead atoms. The number of carbonyl (C=O) groups is 1. The fraction of sp³-hybridized carbons (Fsp3) is 0.722. The highest BCUT2D eigenvalue weighted by Gasteiger charge is 2.56. The molecule has 196 valence electrons. The SMILES string of the molecule is CC(C)(CO)C(=O)SCCOP=O.CO[C@H](COCO)C(C)(O)C(F)(F)n1ccc(N)nc1=O. The molecule has 2 atom stereocenters. The number of rotatable bonds is 13. The highest BCUT2D eigenvalue weighted by atomic mass is 32.2. The molecule has 1 aromatic heterocycles. The van der Waals surface area contributed by atoms with Gasteiger partial charge in [0.15, 0.2) is 10.7 Å². The Labute approximate surface area is 200 Å². The molecule has 0 aliphatic carbocycles. The number of carbonyl (C=O) groups excluding carboxylic acids is 1. The lowest BCUT2D eigenvalue weighted by Crippen LogP contribution is -2.59. The number of thioether (sulfide) groups is 1. The van der Waals surface area contributed by atoms with Crippen LogP contribution in [0.25, 0.3) is 0 Å². The van der Waals surface area contributed by atoms with Crippen molar-refractivity contribution in [2.24, 2.45) is 5.41 Å². The van der Waals surface area contributed by atoms with E-state index in [0.717, 1.165) is 38.1 Å². The van der Waals surface area contributed by atoms with Crippen LogP contribution in [-0.2, 0) is 29.4 Å². The van der Waals surface area contributed by atoms with Crippen LogP contribution in [0.1, 0.15) is 20.8 Å². The molecule has 12 nitrogen and oxygen atoms in total. The number of aromatic nitrogens is 2. The van der Waals surface area contributed by atoms with Crippen LogP contribution in [0.3, 0.4) is 0 Å². The Hall–Kier alpha value is -1.58. The number of nitrogens with zero attached hydrogens (tertiary/aromatic N) is 2. The van der Waals surface area contributed by atoms with Gasteiger partial charge in [-0.25, -0.2) is 13.9 Å². The van der Waals surface area contributed by atoms with Crippen molar-refractivity contribution in [3.63, 3.8) is 0 Å². The molecule has 0 aliphatic rings. The van der Waals surface area contributed by atoms with Gasteiger partial charge in [0, 0.05) is 19.1 Å². The molecule has 0 radical (unpaired) electrons. The van der Waals surface area contributed by atoms with E-state index in [-0.39, 0.29) is 37.4 Å². The normalized spacial score (nSPS) is 14.7. The first-order valence-corrected chi connectivity index (χ1v) is 11.3. The third kappa shape index (κ3) is 9.23. The average molecular weight is 533 g/mol. The van der Waals surface area contributed by atoms with E-state index in [0.29, 0.717) is 5.75 Å². The summed E-state index contributed by atoms with van der Waals surface area (Å²) >= 11 is 1.08. The lowest BCUT2D eigenvalue weighted by atomic mass is 9.96. The zero-order valence-electron chi connectivity index (χ0n) is 19.1. The first kappa shape index (κ1) is 32.4. The Balaban J connectivity index is 0.000000722. The van der Waals surface area contributed by atoms with Crippen molar-refractivity contribution in [3.05, 3.63) is 22.7 Å². The Morgan fingerprint density at radius 2 is 1.97 bits per heavy atom. The van der Waals surface area contributed by atoms with Crippen LogP contribution in [0.15, 0.2) is 17.1 Å². The zero-order valence-corrected chi connectivity index (χ0v) is 20.9. The second-order valence-corrected chi connectivity index (χ2v) is 8.98. The van der Waals surface area contributed by atoms with Gasteiger partial charge >= 0.3 is 20.4 Å². The summed E-state index contributed by atoms with van der Waals surface area (Å²) in [7, 11) is 0.717. The van der Waals surface area contributed by atoms with Crippen molar-refractivity contribution in [1.82, 2.24) is 9.55 Å². The topological polar surface area (TPSA) is 183 Å². The van der Waals surface area contributed by atoms with Crippen LogP contribution in [0.5, 0.6) is 0 Å². The molecular formula is C18H30F2N3O9PS. The third-order valence-electron chi connectivity index (χ3n) is 4.42. The summed E-state index contributed by atoms with van der Waals surface area (Å²) in [6, 6.07) is -3.05. The number of halogens is 2. The summed E-state index contributed by atoms with van der Waals surface area (Å²) in [6.45, 7) is 2.99. The van der Waals surface area contributed by atoms with E-state index in [1.54, 1.807) is 13.8 Å². The number of anilines is 1. The largest absolute Gasteiger partial charge is 0.395 e. The first-order chi connectivity index (χ1) is 15.7. The second-order valence-electron chi connectivity index (χ2n) is 7.50. The van der Waals surface area contributed by atoms with E-state index in [2.05, 4.69) is 14.2 Å². The summed E-state index contributed by atoms with van der Waals surface area (Å²) in [4.78, 5) is 26.0. The molecule has 1 rings (SSSR count).